The average molecular weight is 432 g/mol. The highest BCUT2D eigenvalue weighted by atomic mass is 32.1. The van der Waals surface area contributed by atoms with Crippen LogP contribution in [-0.4, -0.2) is 18.9 Å². The van der Waals surface area contributed by atoms with E-state index in [0.29, 0.717) is 21.9 Å². The van der Waals surface area contributed by atoms with Crippen LogP contribution in [0.25, 0.3) is 10.1 Å². The van der Waals surface area contributed by atoms with E-state index in [1.807, 2.05) is 60.7 Å². The van der Waals surface area contributed by atoms with Gasteiger partial charge in [-0.25, -0.2) is 0 Å². The van der Waals surface area contributed by atoms with E-state index in [0.717, 1.165) is 21.4 Å². The van der Waals surface area contributed by atoms with Gasteiger partial charge in [-0.05, 0) is 59.5 Å². The van der Waals surface area contributed by atoms with Gasteiger partial charge in [-0.3, -0.25) is 9.59 Å². The van der Waals surface area contributed by atoms with E-state index >= 15 is 0 Å². The van der Waals surface area contributed by atoms with Crippen LogP contribution in [0.3, 0.4) is 0 Å². The molecule has 0 aliphatic rings. The Morgan fingerprint density at radius 2 is 1.74 bits per heavy atom. The second-order valence-electron chi connectivity index (χ2n) is 6.98. The molecule has 0 aliphatic carbocycles. The van der Waals surface area contributed by atoms with Crippen molar-refractivity contribution in [1.82, 2.24) is 0 Å². The van der Waals surface area contributed by atoms with Crippen LogP contribution in [0.15, 0.2) is 72.8 Å². The number of ether oxygens (including phenoxy) is 1. The van der Waals surface area contributed by atoms with E-state index in [1.54, 1.807) is 19.2 Å². The van der Waals surface area contributed by atoms with Gasteiger partial charge in [0.05, 0.1) is 29.8 Å². The first-order valence-electron chi connectivity index (χ1n) is 9.64. The molecule has 0 fully saturated rings. The molecule has 0 atom stereocenters. The van der Waals surface area contributed by atoms with E-state index in [2.05, 4.69) is 10.6 Å². The fourth-order valence-electron chi connectivity index (χ4n) is 3.16. The van der Waals surface area contributed by atoms with Gasteiger partial charge >= 0.3 is 0 Å². The summed E-state index contributed by atoms with van der Waals surface area (Å²) in [5, 5.41) is 6.64. The Balaban J connectivity index is 1.45. The molecule has 0 aliphatic heterocycles. The van der Waals surface area contributed by atoms with Crippen LogP contribution in [-0.2, 0) is 11.2 Å². The molecular weight excluding hydrogens is 410 g/mol. The molecule has 1 aromatic heterocycles. The zero-order valence-corrected chi connectivity index (χ0v) is 17.7. The number of anilines is 3. The predicted octanol–water partition coefficient (Wildman–Crippen LogP) is 4.93. The van der Waals surface area contributed by atoms with Gasteiger partial charge in [0.15, 0.2) is 0 Å². The molecule has 4 rings (SSSR count). The number of rotatable bonds is 6. The van der Waals surface area contributed by atoms with Gasteiger partial charge in [-0.15, -0.1) is 11.3 Å². The Bertz CT molecular complexity index is 1250. The summed E-state index contributed by atoms with van der Waals surface area (Å²) in [6.45, 7) is 0. The van der Waals surface area contributed by atoms with Crippen molar-refractivity contribution in [3.05, 3.63) is 83.2 Å². The molecule has 3 aromatic carbocycles. The van der Waals surface area contributed by atoms with Crippen molar-refractivity contribution < 1.29 is 14.3 Å². The Labute approximate surface area is 183 Å². The molecule has 31 heavy (non-hydrogen) atoms. The van der Waals surface area contributed by atoms with Crippen LogP contribution in [0, 0.1) is 0 Å². The van der Waals surface area contributed by atoms with E-state index in [9.17, 15) is 9.59 Å². The standard InChI is InChI=1S/C24H21N3O3S/c1-30-18-9-6-15(7-10-18)12-23(28)26-17-8-11-21-16(13-17)14-22(31-21)24(29)27-20-5-3-2-4-19(20)25/h2-11,13-14H,12,25H2,1H3,(H,26,28)(H,27,29). The first-order valence-corrected chi connectivity index (χ1v) is 10.5. The van der Waals surface area contributed by atoms with Gasteiger partial charge in [0.25, 0.3) is 5.91 Å². The second kappa shape index (κ2) is 8.89. The molecule has 2 amide bonds. The number of amides is 2. The van der Waals surface area contributed by atoms with Gasteiger partial charge in [-0.2, -0.15) is 0 Å². The maximum atomic E-state index is 12.6. The second-order valence-corrected chi connectivity index (χ2v) is 8.06. The summed E-state index contributed by atoms with van der Waals surface area (Å²) in [6, 6.07) is 21.9. The SMILES string of the molecule is COc1ccc(CC(=O)Nc2ccc3sc(C(=O)Nc4ccccc4N)cc3c2)cc1. The lowest BCUT2D eigenvalue weighted by molar-refractivity contribution is -0.115. The number of methoxy groups -OCH3 is 1. The molecule has 156 valence electrons. The molecule has 0 bridgehead atoms. The minimum atomic E-state index is -0.218. The summed E-state index contributed by atoms with van der Waals surface area (Å²) in [7, 11) is 1.61. The molecular formula is C24H21N3O3S. The number of hydrogen-bond donors (Lipinski definition) is 3. The highest BCUT2D eigenvalue weighted by Crippen LogP contribution is 2.29. The fraction of sp³-hybridized carbons (Fsp3) is 0.0833. The smallest absolute Gasteiger partial charge is 0.265 e. The summed E-state index contributed by atoms with van der Waals surface area (Å²) in [5.74, 6) is 0.420. The minimum absolute atomic E-state index is 0.114. The summed E-state index contributed by atoms with van der Waals surface area (Å²) in [5.41, 5.74) is 8.57. The maximum Gasteiger partial charge on any atom is 0.265 e. The van der Waals surface area contributed by atoms with Gasteiger partial charge in [0, 0.05) is 10.4 Å². The Morgan fingerprint density at radius 1 is 0.968 bits per heavy atom. The van der Waals surface area contributed by atoms with Crippen LogP contribution >= 0.6 is 11.3 Å². The van der Waals surface area contributed by atoms with E-state index < -0.39 is 0 Å². The van der Waals surface area contributed by atoms with E-state index in [4.69, 9.17) is 10.5 Å². The highest BCUT2D eigenvalue weighted by Gasteiger charge is 2.13. The molecule has 0 saturated heterocycles. The van der Waals surface area contributed by atoms with Crippen LogP contribution in [0.4, 0.5) is 17.1 Å². The number of carbonyl (C=O) groups excluding carboxylic acids is 2. The Hall–Kier alpha value is -3.84. The van der Waals surface area contributed by atoms with E-state index in [-0.39, 0.29) is 18.2 Å². The molecule has 7 heteroatoms. The third-order valence-corrected chi connectivity index (χ3v) is 5.87. The Morgan fingerprint density at radius 3 is 2.48 bits per heavy atom. The number of nitrogens with one attached hydrogen (secondary N) is 2. The lowest BCUT2D eigenvalue weighted by Crippen LogP contribution is -2.14. The van der Waals surface area contributed by atoms with E-state index in [1.165, 1.54) is 11.3 Å². The quantitative estimate of drug-likeness (QED) is 0.378. The first-order chi connectivity index (χ1) is 15.0. The van der Waals surface area contributed by atoms with Crippen molar-refractivity contribution >= 4 is 50.3 Å². The lowest BCUT2D eigenvalue weighted by atomic mass is 10.1. The maximum absolute atomic E-state index is 12.6. The number of carbonyl (C=O) groups is 2. The van der Waals surface area contributed by atoms with Gasteiger partial charge in [-0.1, -0.05) is 24.3 Å². The third kappa shape index (κ3) is 4.84. The molecule has 0 spiro atoms. The number of benzene rings is 3. The van der Waals surface area contributed by atoms with Crippen molar-refractivity contribution in [2.75, 3.05) is 23.5 Å². The minimum Gasteiger partial charge on any atom is -0.497 e. The molecule has 0 saturated carbocycles. The summed E-state index contributed by atoms with van der Waals surface area (Å²) >= 11 is 1.39. The number of fused-ring (bicyclic) bond motifs is 1. The number of para-hydroxylation sites is 2. The predicted molar refractivity (Wildman–Crippen MR) is 126 cm³/mol. The zero-order valence-electron chi connectivity index (χ0n) is 16.8. The van der Waals surface area contributed by atoms with Crippen molar-refractivity contribution in [1.29, 1.82) is 0 Å². The molecule has 6 nitrogen and oxygen atoms in total. The zero-order chi connectivity index (χ0) is 21.8. The number of nitrogen functional groups attached to an aromatic ring is 1. The normalized spacial score (nSPS) is 10.6. The summed E-state index contributed by atoms with van der Waals surface area (Å²) in [6.07, 6.45) is 0.262. The fourth-order valence-corrected chi connectivity index (χ4v) is 4.10. The molecule has 0 radical (unpaired) electrons. The van der Waals surface area contributed by atoms with Gasteiger partial charge in [0.2, 0.25) is 5.91 Å². The van der Waals surface area contributed by atoms with Crippen LogP contribution in [0.2, 0.25) is 0 Å². The van der Waals surface area contributed by atoms with Crippen LogP contribution < -0.4 is 21.1 Å². The van der Waals surface area contributed by atoms with Crippen LogP contribution in [0.5, 0.6) is 5.75 Å². The van der Waals surface area contributed by atoms with Gasteiger partial charge in [0.1, 0.15) is 5.75 Å². The largest absolute Gasteiger partial charge is 0.497 e. The third-order valence-electron chi connectivity index (χ3n) is 4.76. The van der Waals surface area contributed by atoms with Crippen molar-refractivity contribution in [2.24, 2.45) is 0 Å². The van der Waals surface area contributed by atoms with Crippen molar-refractivity contribution in [3.8, 4) is 5.75 Å². The molecule has 0 unspecified atom stereocenters. The first kappa shape index (κ1) is 20.4. The summed E-state index contributed by atoms with van der Waals surface area (Å²) < 4.78 is 6.09. The molecule has 4 aromatic rings. The summed E-state index contributed by atoms with van der Waals surface area (Å²) in [4.78, 5) is 25.6. The van der Waals surface area contributed by atoms with Gasteiger partial charge < -0.3 is 21.1 Å². The van der Waals surface area contributed by atoms with Crippen molar-refractivity contribution in [3.63, 3.8) is 0 Å². The number of thiophene rings is 1. The monoisotopic (exact) mass is 431 g/mol. The highest BCUT2D eigenvalue weighted by molar-refractivity contribution is 7.20. The molecule has 1 heterocycles. The number of nitrogens with two attached hydrogens (primary N) is 1. The average Bonchev–Trinajstić information content (AvgIpc) is 3.19. The lowest BCUT2D eigenvalue weighted by Gasteiger charge is -2.06. The topological polar surface area (TPSA) is 93.4 Å². The van der Waals surface area contributed by atoms with Crippen LogP contribution in [0.1, 0.15) is 15.2 Å². The Kier molecular flexibility index (Phi) is 5.86. The molecule has 4 N–H and O–H groups in total. The van der Waals surface area contributed by atoms with Crippen molar-refractivity contribution in [2.45, 2.75) is 6.42 Å². The number of hydrogen-bond acceptors (Lipinski definition) is 5.